The van der Waals surface area contributed by atoms with E-state index in [9.17, 15) is 14.9 Å². The fourth-order valence-corrected chi connectivity index (χ4v) is 3.92. The Hall–Kier alpha value is -3.52. The highest BCUT2D eigenvalue weighted by molar-refractivity contribution is 7.13. The Morgan fingerprint density at radius 1 is 1.24 bits per heavy atom. The van der Waals surface area contributed by atoms with Crippen LogP contribution in [-0.2, 0) is 6.42 Å². The van der Waals surface area contributed by atoms with Crippen LogP contribution in [0.1, 0.15) is 21.7 Å². The molecule has 0 radical (unpaired) electrons. The maximum atomic E-state index is 12.4. The first-order valence-corrected chi connectivity index (χ1v) is 9.95. The predicted octanol–water partition coefficient (Wildman–Crippen LogP) is 4.48. The van der Waals surface area contributed by atoms with E-state index in [-0.39, 0.29) is 11.6 Å². The maximum Gasteiger partial charge on any atom is 0.293 e. The van der Waals surface area contributed by atoms with Crippen molar-refractivity contribution in [3.8, 4) is 10.6 Å². The van der Waals surface area contributed by atoms with E-state index in [2.05, 4.69) is 39.6 Å². The normalized spacial score (nSPS) is 10.9. The maximum absolute atomic E-state index is 12.4. The minimum atomic E-state index is -0.464. The van der Waals surface area contributed by atoms with Crippen LogP contribution in [0.3, 0.4) is 0 Å². The molecule has 0 aliphatic carbocycles. The molecule has 0 aliphatic heterocycles. The zero-order chi connectivity index (χ0) is 20.4. The number of amides is 1. The van der Waals surface area contributed by atoms with Gasteiger partial charge >= 0.3 is 0 Å². The molecule has 0 saturated heterocycles. The van der Waals surface area contributed by atoms with E-state index in [0.717, 1.165) is 16.3 Å². The standard InChI is InChI=1S/C21H18N4O3S/c1-13-5-7-14(8-6-13)21-23-16(12-29-21)9-10-22-20(26)17-11-15-3-2-4-18(25(27)28)19(15)24-17/h2-8,11-12,24H,9-10H2,1H3,(H,22,26). The molecule has 2 N–H and O–H groups in total. The number of nitrogens with one attached hydrogen (secondary N) is 2. The van der Waals surface area contributed by atoms with Gasteiger partial charge in [-0.15, -0.1) is 11.3 Å². The van der Waals surface area contributed by atoms with Crippen molar-refractivity contribution in [3.05, 3.63) is 81.0 Å². The summed E-state index contributed by atoms with van der Waals surface area (Å²) in [6.45, 7) is 2.47. The molecule has 1 amide bonds. The number of benzene rings is 2. The number of nitro groups is 1. The lowest BCUT2D eigenvalue weighted by atomic mass is 10.2. The van der Waals surface area contributed by atoms with Crippen LogP contribution in [0.4, 0.5) is 5.69 Å². The SMILES string of the molecule is Cc1ccc(-c2nc(CCNC(=O)c3cc4cccc([N+](=O)[O-])c4[nH]3)cs2)cc1. The van der Waals surface area contributed by atoms with Crippen molar-refractivity contribution in [2.45, 2.75) is 13.3 Å². The first-order valence-electron chi connectivity index (χ1n) is 9.07. The molecule has 0 bridgehead atoms. The highest BCUT2D eigenvalue weighted by Gasteiger charge is 2.16. The zero-order valence-corrected chi connectivity index (χ0v) is 16.5. The van der Waals surface area contributed by atoms with E-state index in [1.807, 2.05) is 12.3 Å². The van der Waals surface area contributed by atoms with Gasteiger partial charge in [-0.05, 0) is 13.0 Å². The molecule has 0 spiro atoms. The number of para-hydroxylation sites is 1. The smallest absolute Gasteiger partial charge is 0.293 e. The van der Waals surface area contributed by atoms with Crippen LogP contribution in [0.5, 0.6) is 0 Å². The molecule has 0 saturated carbocycles. The molecule has 7 nitrogen and oxygen atoms in total. The summed E-state index contributed by atoms with van der Waals surface area (Å²) in [5.74, 6) is -0.301. The van der Waals surface area contributed by atoms with Gasteiger partial charge in [0.2, 0.25) is 0 Å². The Labute approximate surface area is 170 Å². The lowest BCUT2D eigenvalue weighted by Gasteiger charge is -2.02. The Kier molecular flexibility index (Phi) is 5.09. The van der Waals surface area contributed by atoms with Gasteiger partial charge in [0.05, 0.1) is 10.6 Å². The minimum Gasteiger partial charge on any atom is -0.350 e. The fraction of sp³-hybridized carbons (Fsp3) is 0.143. The van der Waals surface area contributed by atoms with Crippen molar-refractivity contribution in [1.29, 1.82) is 0 Å². The number of H-pyrrole nitrogens is 1. The van der Waals surface area contributed by atoms with Crippen molar-refractivity contribution in [2.24, 2.45) is 0 Å². The summed E-state index contributed by atoms with van der Waals surface area (Å²) in [6.07, 6.45) is 0.606. The van der Waals surface area contributed by atoms with Crippen LogP contribution >= 0.6 is 11.3 Å². The summed E-state index contributed by atoms with van der Waals surface area (Å²) >= 11 is 1.58. The van der Waals surface area contributed by atoms with Crippen LogP contribution in [0.15, 0.2) is 53.9 Å². The quantitative estimate of drug-likeness (QED) is 0.364. The van der Waals surface area contributed by atoms with E-state index < -0.39 is 4.92 Å². The number of hydrogen-bond donors (Lipinski definition) is 2. The summed E-state index contributed by atoms with van der Waals surface area (Å²) in [6, 6.07) is 14.6. The van der Waals surface area contributed by atoms with Crippen LogP contribution in [-0.4, -0.2) is 27.3 Å². The minimum absolute atomic E-state index is 0.0485. The Morgan fingerprint density at radius 3 is 2.79 bits per heavy atom. The molecule has 2 aromatic carbocycles. The van der Waals surface area contributed by atoms with Crippen molar-refractivity contribution in [1.82, 2.24) is 15.3 Å². The number of nitrogens with zero attached hydrogens (tertiary/aromatic N) is 2. The lowest BCUT2D eigenvalue weighted by Crippen LogP contribution is -2.26. The number of aromatic nitrogens is 2. The second-order valence-electron chi connectivity index (χ2n) is 6.70. The molecule has 29 heavy (non-hydrogen) atoms. The number of aryl methyl sites for hydroxylation is 1. The number of carbonyl (C=O) groups is 1. The number of rotatable bonds is 6. The van der Waals surface area contributed by atoms with E-state index in [1.54, 1.807) is 29.5 Å². The summed E-state index contributed by atoms with van der Waals surface area (Å²) in [5.41, 5.74) is 3.80. The third-order valence-corrected chi connectivity index (χ3v) is 5.53. The van der Waals surface area contributed by atoms with Gasteiger partial charge < -0.3 is 10.3 Å². The van der Waals surface area contributed by atoms with Crippen LogP contribution < -0.4 is 5.32 Å². The first-order chi connectivity index (χ1) is 14.0. The molecule has 2 aromatic heterocycles. The molecule has 0 fully saturated rings. The number of carbonyl (C=O) groups excluding carboxylic acids is 1. The van der Waals surface area contributed by atoms with E-state index >= 15 is 0 Å². The topological polar surface area (TPSA) is 101 Å². The fourth-order valence-electron chi connectivity index (χ4n) is 3.06. The van der Waals surface area contributed by atoms with Gasteiger partial charge in [-0.2, -0.15) is 0 Å². The summed E-state index contributed by atoms with van der Waals surface area (Å²) in [4.78, 5) is 30.6. The molecule has 0 aliphatic rings. The van der Waals surface area contributed by atoms with Gasteiger partial charge in [0.1, 0.15) is 16.2 Å². The average molecular weight is 406 g/mol. The molecular weight excluding hydrogens is 388 g/mol. The summed E-state index contributed by atoms with van der Waals surface area (Å²) < 4.78 is 0. The van der Waals surface area contributed by atoms with Crippen LogP contribution in [0.2, 0.25) is 0 Å². The van der Waals surface area contributed by atoms with E-state index in [0.29, 0.717) is 29.6 Å². The second-order valence-corrected chi connectivity index (χ2v) is 7.56. The van der Waals surface area contributed by atoms with Gasteiger partial charge in [-0.25, -0.2) is 4.98 Å². The molecule has 146 valence electrons. The monoisotopic (exact) mass is 406 g/mol. The van der Waals surface area contributed by atoms with Crippen molar-refractivity contribution >= 4 is 33.8 Å². The second kappa shape index (κ2) is 7.84. The zero-order valence-electron chi connectivity index (χ0n) is 15.6. The first kappa shape index (κ1) is 18.8. The molecule has 8 heteroatoms. The summed E-state index contributed by atoms with van der Waals surface area (Å²) in [7, 11) is 0. The third kappa shape index (κ3) is 4.02. The number of fused-ring (bicyclic) bond motifs is 1. The molecular formula is C21H18N4O3S. The van der Waals surface area contributed by atoms with E-state index in [4.69, 9.17) is 0 Å². The highest BCUT2D eigenvalue weighted by Crippen LogP contribution is 2.26. The molecule has 0 atom stereocenters. The molecule has 4 rings (SSSR count). The largest absolute Gasteiger partial charge is 0.350 e. The third-order valence-electron chi connectivity index (χ3n) is 4.59. The predicted molar refractivity (Wildman–Crippen MR) is 113 cm³/mol. The van der Waals surface area contributed by atoms with Crippen molar-refractivity contribution in [3.63, 3.8) is 0 Å². The number of aromatic amines is 1. The van der Waals surface area contributed by atoms with Crippen molar-refractivity contribution in [2.75, 3.05) is 6.54 Å². The van der Waals surface area contributed by atoms with Crippen LogP contribution in [0.25, 0.3) is 21.5 Å². The van der Waals surface area contributed by atoms with Gasteiger partial charge in [0.25, 0.3) is 11.6 Å². The summed E-state index contributed by atoms with van der Waals surface area (Å²) in [5, 5.41) is 17.5. The Bertz CT molecular complexity index is 1190. The van der Waals surface area contributed by atoms with Gasteiger partial charge in [0.15, 0.2) is 0 Å². The van der Waals surface area contributed by atoms with Gasteiger partial charge in [0, 0.05) is 35.4 Å². The number of non-ortho nitro benzene ring substituents is 1. The molecule has 2 heterocycles. The van der Waals surface area contributed by atoms with Crippen LogP contribution in [0, 0.1) is 17.0 Å². The Balaban J connectivity index is 1.39. The number of thiazole rings is 1. The van der Waals surface area contributed by atoms with Gasteiger partial charge in [-0.3, -0.25) is 14.9 Å². The average Bonchev–Trinajstić information content (AvgIpc) is 3.35. The number of hydrogen-bond acceptors (Lipinski definition) is 5. The number of nitro benzene ring substituents is 1. The Morgan fingerprint density at radius 2 is 2.03 bits per heavy atom. The molecule has 0 unspecified atom stereocenters. The van der Waals surface area contributed by atoms with Gasteiger partial charge in [-0.1, -0.05) is 42.0 Å². The lowest BCUT2D eigenvalue weighted by molar-refractivity contribution is -0.383. The highest BCUT2D eigenvalue weighted by atomic mass is 32.1. The van der Waals surface area contributed by atoms with E-state index in [1.165, 1.54) is 11.6 Å². The molecule has 4 aromatic rings. The van der Waals surface area contributed by atoms with Crippen molar-refractivity contribution < 1.29 is 9.72 Å².